The summed E-state index contributed by atoms with van der Waals surface area (Å²) in [5.41, 5.74) is 0.540. The average Bonchev–Trinajstić information content (AvgIpc) is 2.29. The van der Waals surface area contributed by atoms with Crippen LogP contribution < -0.4 is 5.32 Å². The van der Waals surface area contributed by atoms with Gasteiger partial charge < -0.3 is 10.1 Å². The highest BCUT2D eigenvalue weighted by atomic mass is 16.5. The zero-order chi connectivity index (χ0) is 10.1. The van der Waals surface area contributed by atoms with Crippen molar-refractivity contribution in [3.05, 3.63) is 0 Å². The van der Waals surface area contributed by atoms with E-state index in [1.807, 2.05) is 0 Å². The fraction of sp³-hybridized carbons (Fsp3) is 1.00. The molecule has 0 amide bonds. The maximum atomic E-state index is 5.57. The number of nitrogens with one attached hydrogen (secondary N) is 1. The third kappa shape index (κ3) is 2.96. The van der Waals surface area contributed by atoms with Crippen molar-refractivity contribution < 1.29 is 4.74 Å². The second-order valence-corrected chi connectivity index (χ2v) is 5.59. The smallest absolute Gasteiger partial charge is 0.0726 e. The first-order valence-corrected chi connectivity index (χ1v) is 5.20. The third-order valence-electron chi connectivity index (χ3n) is 2.91. The Hall–Kier alpha value is -0.0800. The van der Waals surface area contributed by atoms with Gasteiger partial charge >= 0.3 is 0 Å². The molecule has 0 radical (unpaired) electrons. The van der Waals surface area contributed by atoms with Crippen LogP contribution in [-0.2, 0) is 4.74 Å². The van der Waals surface area contributed by atoms with E-state index in [1.54, 1.807) is 0 Å². The van der Waals surface area contributed by atoms with Gasteiger partial charge in [0, 0.05) is 18.7 Å². The van der Waals surface area contributed by atoms with Crippen LogP contribution >= 0.6 is 0 Å². The van der Waals surface area contributed by atoms with Gasteiger partial charge in [-0.05, 0) is 25.7 Å². The molecule has 1 aliphatic heterocycles. The van der Waals surface area contributed by atoms with Crippen LogP contribution in [0.1, 0.15) is 41.0 Å². The van der Waals surface area contributed by atoms with Crippen molar-refractivity contribution in [2.24, 2.45) is 5.41 Å². The van der Waals surface area contributed by atoms with Gasteiger partial charge in [0.15, 0.2) is 0 Å². The summed E-state index contributed by atoms with van der Waals surface area (Å²) in [4.78, 5) is 0. The van der Waals surface area contributed by atoms with Crippen LogP contribution in [0.5, 0.6) is 0 Å². The Labute approximate surface area is 82.0 Å². The van der Waals surface area contributed by atoms with Crippen molar-refractivity contribution in [1.82, 2.24) is 5.32 Å². The van der Waals surface area contributed by atoms with Crippen molar-refractivity contribution in [2.45, 2.75) is 52.7 Å². The number of hydrogen-bond donors (Lipinski definition) is 1. The SMILES string of the molecule is CC1OCCC1(C)NCC(C)(C)C. The van der Waals surface area contributed by atoms with Gasteiger partial charge in [0.2, 0.25) is 0 Å². The fourth-order valence-corrected chi connectivity index (χ4v) is 1.53. The molecule has 0 bridgehead atoms. The van der Waals surface area contributed by atoms with Gasteiger partial charge in [0.05, 0.1) is 6.10 Å². The lowest BCUT2D eigenvalue weighted by Crippen LogP contribution is -2.50. The van der Waals surface area contributed by atoms with E-state index in [2.05, 4.69) is 39.9 Å². The summed E-state index contributed by atoms with van der Waals surface area (Å²) in [5.74, 6) is 0. The minimum atomic E-state index is 0.188. The predicted molar refractivity (Wildman–Crippen MR) is 55.9 cm³/mol. The molecule has 1 saturated heterocycles. The molecule has 2 atom stereocenters. The molecule has 0 aromatic heterocycles. The van der Waals surface area contributed by atoms with Gasteiger partial charge in [0.25, 0.3) is 0 Å². The van der Waals surface area contributed by atoms with E-state index in [1.165, 1.54) is 0 Å². The first-order valence-electron chi connectivity index (χ1n) is 5.20. The number of hydrogen-bond acceptors (Lipinski definition) is 2. The lowest BCUT2D eigenvalue weighted by Gasteiger charge is -2.32. The molecular formula is C11H23NO. The van der Waals surface area contributed by atoms with E-state index in [4.69, 9.17) is 4.74 Å². The van der Waals surface area contributed by atoms with Crippen LogP contribution in [0.25, 0.3) is 0 Å². The second kappa shape index (κ2) is 3.58. The zero-order valence-electron chi connectivity index (χ0n) is 9.61. The normalized spacial score (nSPS) is 35.3. The predicted octanol–water partition coefficient (Wildman–Crippen LogP) is 2.19. The highest BCUT2D eigenvalue weighted by Gasteiger charge is 2.36. The number of rotatable bonds is 2. The molecule has 0 aromatic rings. The summed E-state index contributed by atoms with van der Waals surface area (Å²) in [5, 5.41) is 3.62. The van der Waals surface area contributed by atoms with E-state index < -0.39 is 0 Å². The summed E-state index contributed by atoms with van der Waals surface area (Å²) in [6.45, 7) is 13.1. The molecule has 0 saturated carbocycles. The summed E-state index contributed by atoms with van der Waals surface area (Å²) >= 11 is 0. The van der Waals surface area contributed by atoms with Crippen LogP contribution in [0.4, 0.5) is 0 Å². The van der Waals surface area contributed by atoms with E-state index in [9.17, 15) is 0 Å². The maximum absolute atomic E-state index is 5.57. The zero-order valence-corrected chi connectivity index (χ0v) is 9.61. The second-order valence-electron chi connectivity index (χ2n) is 5.59. The molecule has 1 fully saturated rings. The van der Waals surface area contributed by atoms with Crippen LogP contribution in [0.3, 0.4) is 0 Å². The Morgan fingerprint density at radius 1 is 1.46 bits per heavy atom. The Balaban J connectivity index is 2.43. The van der Waals surface area contributed by atoms with Gasteiger partial charge in [-0.1, -0.05) is 20.8 Å². The van der Waals surface area contributed by atoms with E-state index in [0.29, 0.717) is 11.5 Å². The molecule has 78 valence electrons. The highest BCUT2D eigenvalue weighted by Crippen LogP contribution is 2.26. The van der Waals surface area contributed by atoms with Crippen molar-refractivity contribution in [2.75, 3.05) is 13.2 Å². The molecule has 13 heavy (non-hydrogen) atoms. The highest BCUT2D eigenvalue weighted by molar-refractivity contribution is 4.94. The number of ether oxygens (including phenoxy) is 1. The van der Waals surface area contributed by atoms with Crippen molar-refractivity contribution in [3.8, 4) is 0 Å². The molecule has 1 aliphatic rings. The van der Waals surface area contributed by atoms with Gasteiger partial charge in [-0.3, -0.25) is 0 Å². The Morgan fingerprint density at radius 2 is 2.08 bits per heavy atom. The summed E-state index contributed by atoms with van der Waals surface area (Å²) in [6.07, 6.45) is 1.47. The summed E-state index contributed by atoms with van der Waals surface area (Å²) in [6, 6.07) is 0. The molecule has 2 unspecified atom stereocenters. The van der Waals surface area contributed by atoms with E-state index in [0.717, 1.165) is 19.6 Å². The lowest BCUT2D eigenvalue weighted by atomic mass is 9.90. The molecule has 0 aliphatic carbocycles. The first kappa shape index (κ1) is 11.0. The topological polar surface area (TPSA) is 21.3 Å². The van der Waals surface area contributed by atoms with Gasteiger partial charge in [-0.2, -0.15) is 0 Å². The molecular weight excluding hydrogens is 162 g/mol. The van der Waals surface area contributed by atoms with Crippen LogP contribution in [0, 0.1) is 5.41 Å². The summed E-state index contributed by atoms with van der Waals surface area (Å²) in [7, 11) is 0. The van der Waals surface area contributed by atoms with Crippen LogP contribution in [-0.4, -0.2) is 24.8 Å². The van der Waals surface area contributed by atoms with E-state index >= 15 is 0 Å². The van der Waals surface area contributed by atoms with Crippen molar-refractivity contribution in [3.63, 3.8) is 0 Å². The molecule has 1 rings (SSSR count). The van der Waals surface area contributed by atoms with Gasteiger partial charge in [-0.25, -0.2) is 0 Å². The molecule has 2 heteroatoms. The van der Waals surface area contributed by atoms with Crippen LogP contribution in [0.2, 0.25) is 0 Å². The fourth-order valence-electron chi connectivity index (χ4n) is 1.53. The van der Waals surface area contributed by atoms with Crippen molar-refractivity contribution >= 4 is 0 Å². The molecule has 1 N–H and O–H groups in total. The van der Waals surface area contributed by atoms with Crippen LogP contribution in [0.15, 0.2) is 0 Å². The standard InChI is InChI=1S/C11H23NO/c1-9-11(5,6-7-13-9)12-8-10(2,3)4/h9,12H,6-8H2,1-5H3. The molecule has 0 spiro atoms. The monoisotopic (exact) mass is 185 g/mol. The van der Waals surface area contributed by atoms with Crippen molar-refractivity contribution in [1.29, 1.82) is 0 Å². The average molecular weight is 185 g/mol. The summed E-state index contributed by atoms with van der Waals surface area (Å²) < 4.78 is 5.57. The molecule has 0 aromatic carbocycles. The minimum absolute atomic E-state index is 0.188. The quantitative estimate of drug-likeness (QED) is 0.712. The lowest BCUT2D eigenvalue weighted by molar-refractivity contribution is 0.0852. The Bertz CT molecular complexity index is 173. The minimum Gasteiger partial charge on any atom is -0.377 e. The first-order chi connectivity index (χ1) is 5.83. The van der Waals surface area contributed by atoms with Gasteiger partial charge in [-0.15, -0.1) is 0 Å². The largest absolute Gasteiger partial charge is 0.377 e. The molecule has 1 heterocycles. The van der Waals surface area contributed by atoms with Gasteiger partial charge in [0.1, 0.15) is 0 Å². The van der Waals surface area contributed by atoms with E-state index in [-0.39, 0.29) is 5.54 Å². The molecule has 2 nitrogen and oxygen atoms in total. The maximum Gasteiger partial charge on any atom is 0.0726 e. The third-order valence-corrected chi connectivity index (χ3v) is 2.91. The Kier molecular flexibility index (Phi) is 3.03. The Morgan fingerprint density at radius 3 is 2.46 bits per heavy atom.